The van der Waals surface area contributed by atoms with Crippen molar-refractivity contribution in [3.63, 3.8) is 0 Å². The summed E-state index contributed by atoms with van der Waals surface area (Å²) in [6.45, 7) is 4.68. The van der Waals surface area contributed by atoms with E-state index in [0.717, 1.165) is 5.56 Å². The highest BCUT2D eigenvalue weighted by molar-refractivity contribution is 5.96. The fraction of sp³-hybridized carbons (Fsp3) is 0.143. The second-order valence-electron chi connectivity index (χ2n) is 5.90. The number of aryl methyl sites for hydroxylation is 2. The van der Waals surface area contributed by atoms with Crippen LogP contribution in [0.2, 0.25) is 0 Å². The Kier molecular flexibility index (Phi) is 4.71. The van der Waals surface area contributed by atoms with E-state index in [4.69, 9.17) is 0 Å². The smallest absolute Gasteiger partial charge is 0.279 e. The number of benzene rings is 2. The molecule has 0 bridgehead atoms. The molecule has 3 heteroatoms. The molecule has 0 saturated heterocycles. The molecule has 0 N–H and O–H groups in total. The molecule has 1 amide bonds. The van der Waals surface area contributed by atoms with Gasteiger partial charge in [0.15, 0.2) is 0 Å². The van der Waals surface area contributed by atoms with Crippen molar-refractivity contribution < 1.29 is 4.79 Å². The van der Waals surface area contributed by atoms with Crippen LogP contribution in [0.25, 0.3) is 0 Å². The van der Waals surface area contributed by atoms with E-state index in [0.29, 0.717) is 17.6 Å². The molecule has 0 unspecified atom stereocenters. The van der Waals surface area contributed by atoms with Crippen molar-refractivity contribution in [2.45, 2.75) is 20.4 Å². The Hall–Kier alpha value is -2.94. The number of hydrogen-bond donors (Lipinski definition) is 0. The van der Waals surface area contributed by atoms with Gasteiger partial charge in [-0.1, -0.05) is 54.1 Å². The van der Waals surface area contributed by atoms with E-state index in [1.165, 1.54) is 11.1 Å². The lowest BCUT2D eigenvalue weighted by atomic mass is 10.1. The third-order valence-corrected chi connectivity index (χ3v) is 3.98. The number of nitrogens with zero attached hydrogens (tertiary/aromatic N) is 2. The molecule has 1 aromatic heterocycles. The van der Waals surface area contributed by atoms with Gasteiger partial charge in [-0.25, -0.2) is 0 Å². The standard InChI is InChI=1S/C21H20N2O/c1-16-10-12-18(13-11-16)15-23-14-6-5-9-20(23)22-21(24)19-8-4-3-7-17(19)2/h3-14H,15H2,1-2H3. The van der Waals surface area contributed by atoms with Crippen LogP contribution in [0.15, 0.2) is 77.9 Å². The topological polar surface area (TPSA) is 34.4 Å². The summed E-state index contributed by atoms with van der Waals surface area (Å²) in [6.07, 6.45) is 1.95. The Bertz CT molecular complexity index is 921. The van der Waals surface area contributed by atoms with E-state index in [-0.39, 0.29) is 5.91 Å². The van der Waals surface area contributed by atoms with Gasteiger partial charge in [0, 0.05) is 18.3 Å². The highest BCUT2D eigenvalue weighted by Crippen LogP contribution is 2.08. The van der Waals surface area contributed by atoms with Crippen LogP contribution in [-0.4, -0.2) is 10.5 Å². The maximum absolute atomic E-state index is 12.5. The van der Waals surface area contributed by atoms with Crippen LogP contribution in [-0.2, 0) is 6.54 Å². The van der Waals surface area contributed by atoms with Crippen LogP contribution >= 0.6 is 0 Å². The number of rotatable bonds is 3. The lowest BCUT2D eigenvalue weighted by molar-refractivity contribution is 0.0996. The number of hydrogen-bond acceptors (Lipinski definition) is 1. The van der Waals surface area contributed by atoms with Crippen molar-refractivity contribution in [3.8, 4) is 0 Å². The molecule has 24 heavy (non-hydrogen) atoms. The van der Waals surface area contributed by atoms with Crippen molar-refractivity contribution in [2.75, 3.05) is 0 Å². The molecular formula is C21H20N2O. The van der Waals surface area contributed by atoms with Crippen molar-refractivity contribution in [1.29, 1.82) is 0 Å². The van der Waals surface area contributed by atoms with Gasteiger partial charge < -0.3 is 4.57 Å². The van der Waals surface area contributed by atoms with E-state index in [1.807, 2.05) is 60.2 Å². The molecule has 0 fully saturated rings. The van der Waals surface area contributed by atoms with Gasteiger partial charge in [0.2, 0.25) is 0 Å². The Morgan fingerprint density at radius 3 is 2.38 bits per heavy atom. The van der Waals surface area contributed by atoms with E-state index in [9.17, 15) is 4.79 Å². The lowest BCUT2D eigenvalue weighted by Crippen LogP contribution is -2.22. The largest absolute Gasteiger partial charge is 0.328 e. The highest BCUT2D eigenvalue weighted by Gasteiger charge is 2.07. The minimum atomic E-state index is -0.211. The predicted octanol–water partition coefficient (Wildman–Crippen LogP) is 3.89. The summed E-state index contributed by atoms with van der Waals surface area (Å²) in [7, 11) is 0. The normalized spacial score (nSPS) is 11.5. The van der Waals surface area contributed by atoms with Gasteiger partial charge in [0.1, 0.15) is 5.49 Å². The van der Waals surface area contributed by atoms with Crippen molar-refractivity contribution in [1.82, 2.24) is 4.57 Å². The first-order valence-corrected chi connectivity index (χ1v) is 7.99. The first kappa shape index (κ1) is 15.9. The summed E-state index contributed by atoms with van der Waals surface area (Å²) >= 11 is 0. The third-order valence-electron chi connectivity index (χ3n) is 3.98. The summed E-state index contributed by atoms with van der Waals surface area (Å²) in [5.41, 5.74) is 4.65. The van der Waals surface area contributed by atoms with Crippen LogP contribution < -0.4 is 5.49 Å². The third kappa shape index (κ3) is 3.69. The molecule has 3 aromatic rings. The molecule has 0 atom stereocenters. The van der Waals surface area contributed by atoms with Gasteiger partial charge in [-0.15, -0.1) is 0 Å². The zero-order valence-corrected chi connectivity index (χ0v) is 13.9. The minimum Gasteiger partial charge on any atom is -0.328 e. The monoisotopic (exact) mass is 316 g/mol. The van der Waals surface area contributed by atoms with Crippen LogP contribution in [0.4, 0.5) is 0 Å². The molecule has 0 radical (unpaired) electrons. The van der Waals surface area contributed by atoms with Crippen LogP contribution in [0.3, 0.4) is 0 Å². The zero-order chi connectivity index (χ0) is 16.9. The second-order valence-corrected chi connectivity index (χ2v) is 5.90. The first-order valence-electron chi connectivity index (χ1n) is 7.99. The fourth-order valence-electron chi connectivity index (χ4n) is 2.57. The van der Waals surface area contributed by atoms with Gasteiger partial charge >= 0.3 is 0 Å². The minimum absolute atomic E-state index is 0.211. The summed E-state index contributed by atoms with van der Waals surface area (Å²) < 4.78 is 1.99. The Morgan fingerprint density at radius 2 is 1.62 bits per heavy atom. The lowest BCUT2D eigenvalue weighted by Gasteiger charge is -2.08. The Balaban J connectivity index is 1.95. The molecule has 3 nitrogen and oxygen atoms in total. The molecule has 0 saturated carbocycles. The number of carbonyl (C=O) groups is 1. The Labute approximate surface area is 141 Å². The zero-order valence-electron chi connectivity index (χ0n) is 13.9. The number of amides is 1. The summed E-state index contributed by atoms with van der Waals surface area (Å²) in [4.78, 5) is 16.8. The summed E-state index contributed by atoms with van der Waals surface area (Å²) in [5, 5.41) is 0. The quantitative estimate of drug-likeness (QED) is 0.722. The van der Waals surface area contributed by atoms with Crippen LogP contribution in [0.1, 0.15) is 27.0 Å². The first-order chi connectivity index (χ1) is 11.6. The van der Waals surface area contributed by atoms with Gasteiger partial charge in [0.05, 0.1) is 0 Å². The maximum atomic E-state index is 12.5. The van der Waals surface area contributed by atoms with Crippen LogP contribution in [0.5, 0.6) is 0 Å². The predicted molar refractivity (Wildman–Crippen MR) is 95.8 cm³/mol. The Morgan fingerprint density at radius 1 is 0.917 bits per heavy atom. The molecule has 0 aliphatic carbocycles. The van der Waals surface area contributed by atoms with Gasteiger partial charge in [-0.2, -0.15) is 4.99 Å². The maximum Gasteiger partial charge on any atom is 0.279 e. The van der Waals surface area contributed by atoms with Gasteiger partial charge in [0.25, 0.3) is 5.91 Å². The molecule has 1 heterocycles. The second kappa shape index (κ2) is 7.09. The van der Waals surface area contributed by atoms with E-state index >= 15 is 0 Å². The average molecular weight is 316 g/mol. The summed E-state index contributed by atoms with van der Waals surface area (Å²) in [6, 6.07) is 21.6. The number of pyridine rings is 1. The van der Waals surface area contributed by atoms with Gasteiger partial charge in [-0.3, -0.25) is 4.79 Å². The molecule has 3 rings (SSSR count). The number of aromatic nitrogens is 1. The molecule has 0 spiro atoms. The molecule has 120 valence electrons. The van der Waals surface area contributed by atoms with Crippen molar-refractivity contribution in [3.05, 3.63) is 101 Å². The fourth-order valence-corrected chi connectivity index (χ4v) is 2.57. The number of carbonyl (C=O) groups excluding carboxylic acids is 1. The molecular weight excluding hydrogens is 296 g/mol. The van der Waals surface area contributed by atoms with Gasteiger partial charge in [-0.05, 0) is 43.2 Å². The van der Waals surface area contributed by atoms with Crippen molar-refractivity contribution in [2.24, 2.45) is 4.99 Å². The SMILES string of the molecule is Cc1ccc(Cn2ccccc2=NC(=O)c2ccccc2C)cc1. The van der Waals surface area contributed by atoms with E-state index in [2.05, 4.69) is 36.2 Å². The molecule has 0 aliphatic rings. The van der Waals surface area contributed by atoms with E-state index < -0.39 is 0 Å². The van der Waals surface area contributed by atoms with Crippen LogP contribution in [0, 0.1) is 13.8 Å². The molecule has 2 aromatic carbocycles. The highest BCUT2D eigenvalue weighted by atomic mass is 16.1. The summed E-state index contributed by atoms with van der Waals surface area (Å²) in [5.74, 6) is -0.211. The van der Waals surface area contributed by atoms with Crippen molar-refractivity contribution >= 4 is 5.91 Å². The van der Waals surface area contributed by atoms with E-state index in [1.54, 1.807) is 0 Å². The average Bonchev–Trinajstić information content (AvgIpc) is 2.59. The molecule has 0 aliphatic heterocycles.